The zero-order valence-electron chi connectivity index (χ0n) is 11.9. The molecule has 1 unspecified atom stereocenters. The lowest BCUT2D eigenvalue weighted by molar-refractivity contribution is -0.132. The van der Waals surface area contributed by atoms with E-state index in [1.54, 1.807) is 6.20 Å². The van der Waals surface area contributed by atoms with E-state index in [0.717, 1.165) is 30.5 Å². The van der Waals surface area contributed by atoms with Crippen LogP contribution in [0.5, 0.6) is 0 Å². The van der Waals surface area contributed by atoms with Crippen LogP contribution in [-0.4, -0.2) is 20.9 Å². The molecule has 0 spiro atoms. The molecule has 1 N–H and O–H groups in total. The Labute approximate surface area is 114 Å². The molecule has 0 bridgehead atoms. The van der Waals surface area contributed by atoms with Gasteiger partial charge in [0.05, 0.1) is 5.69 Å². The molecule has 1 heterocycles. The number of rotatable bonds is 3. The van der Waals surface area contributed by atoms with Gasteiger partial charge >= 0.3 is 5.97 Å². The monoisotopic (exact) mass is 262 g/mol. The van der Waals surface area contributed by atoms with Gasteiger partial charge < -0.3 is 5.11 Å². The predicted molar refractivity (Wildman–Crippen MR) is 74.8 cm³/mol. The first-order valence-electron chi connectivity index (χ1n) is 7.02. The average molecular weight is 262 g/mol. The summed E-state index contributed by atoms with van der Waals surface area (Å²) in [6, 6.07) is 2.18. The average Bonchev–Trinajstić information content (AvgIpc) is 2.73. The zero-order chi connectivity index (χ0) is 14.0. The van der Waals surface area contributed by atoms with Crippen molar-refractivity contribution in [1.82, 2.24) is 9.78 Å². The molecule has 4 heteroatoms. The molecule has 0 saturated carbocycles. The summed E-state index contributed by atoms with van der Waals surface area (Å²) in [6.07, 6.45) is 5.54. The van der Waals surface area contributed by atoms with E-state index in [4.69, 9.17) is 0 Å². The molecule has 0 saturated heterocycles. The van der Waals surface area contributed by atoms with Crippen molar-refractivity contribution in [3.8, 4) is 0 Å². The van der Waals surface area contributed by atoms with Crippen molar-refractivity contribution in [2.75, 3.05) is 0 Å². The van der Waals surface area contributed by atoms with Gasteiger partial charge in [-0.05, 0) is 50.7 Å². The summed E-state index contributed by atoms with van der Waals surface area (Å²) in [5.74, 6) is -0.497. The summed E-state index contributed by atoms with van der Waals surface area (Å²) in [6.45, 7) is 6.26. The SMILES string of the molecule is CC1CCCCC(C(=O)O)=C1c1ccnn1C(C)C. The van der Waals surface area contributed by atoms with Gasteiger partial charge in [0.25, 0.3) is 0 Å². The van der Waals surface area contributed by atoms with Gasteiger partial charge in [-0.2, -0.15) is 5.10 Å². The van der Waals surface area contributed by atoms with Crippen LogP contribution in [0.25, 0.3) is 5.57 Å². The first-order valence-corrected chi connectivity index (χ1v) is 7.02. The summed E-state index contributed by atoms with van der Waals surface area (Å²) in [5.41, 5.74) is 2.53. The summed E-state index contributed by atoms with van der Waals surface area (Å²) in [5, 5.41) is 13.8. The highest BCUT2D eigenvalue weighted by atomic mass is 16.4. The van der Waals surface area contributed by atoms with E-state index in [1.165, 1.54) is 0 Å². The van der Waals surface area contributed by atoms with Gasteiger partial charge in [-0.3, -0.25) is 4.68 Å². The van der Waals surface area contributed by atoms with Crippen molar-refractivity contribution in [1.29, 1.82) is 0 Å². The Morgan fingerprint density at radius 1 is 1.47 bits per heavy atom. The maximum Gasteiger partial charge on any atom is 0.331 e. The van der Waals surface area contributed by atoms with Crippen LogP contribution in [-0.2, 0) is 4.79 Å². The zero-order valence-corrected chi connectivity index (χ0v) is 11.9. The third kappa shape index (κ3) is 2.72. The largest absolute Gasteiger partial charge is 0.478 e. The van der Waals surface area contributed by atoms with E-state index in [-0.39, 0.29) is 12.0 Å². The van der Waals surface area contributed by atoms with Gasteiger partial charge in [0, 0.05) is 17.8 Å². The fourth-order valence-corrected chi connectivity index (χ4v) is 2.90. The Bertz CT molecular complexity index is 500. The van der Waals surface area contributed by atoms with Crippen molar-refractivity contribution < 1.29 is 9.90 Å². The van der Waals surface area contributed by atoms with Crippen molar-refractivity contribution in [2.24, 2.45) is 5.92 Å². The van der Waals surface area contributed by atoms with Crippen molar-refractivity contribution in [3.63, 3.8) is 0 Å². The van der Waals surface area contributed by atoms with Gasteiger partial charge in [0.15, 0.2) is 0 Å². The quantitative estimate of drug-likeness (QED) is 0.906. The molecule has 1 aliphatic rings. The van der Waals surface area contributed by atoms with Gasteiger partial charge in [0.2, 0.25) is 0 Å². The third-order valence-corrected chi connectivity index (χ3v) is 3.83. The number of aliphatic carboxylic acids is 1. The van der Waals surface area contributed by atoms with E-state index in [0.29, 0.717) is 12.0 Å². The molecule has 0 aromatic carbocycles. The van der Waals surface area contributed by atoms with Crippen LogP contribution in [0.15, 0.2) is 17.8 Å². The van der Waals surface area contributed by atoms with Gasteiger partial charge in [-0.1, -0.05) is 13.3 Å². The number of allylic oxidation sites excluding steroid dienone is 1. The Morgan fingerprint density at radius 3 is 2.84 bits per heavy atom. The van der Waals surface area contributed by atoms with Crippen LogP contribution >= 0.6 is 0 Å². The normalized spacial score (nSPS) is 20.7. The van der Waals surface area contributed by atoms with Crippen LogP contribution in [0.4, 0.5) is 0 Å². The third-order valence-electron chi connectivity index (χ3n) is 3.83. The lowest BCUT2D eigenvalue weighted by Crippen LogP contribution is -2.13. The number of carbonyl (C=O) groups is 1. The molecule has 1 atom stereocenters. The number of carboxylic acids is 1. The van der Waals surface area contributed by atoms with Gasteiger partial charge in [-0.15, -0.1) is 0 Å². The summed E-state index contributed by atoms with van der Waals surface area (Å²) < 4.78 is 1.93. The molecule has 1 aromatic rings. The highest BCUT2D eigenvalue weighted by Crippen LogP contribution is 2.36. The topological polar surface area (TPSA) is 55.1 Å². The second-order valence-corrected chi connectivity index (χ2v) is 5.60. The first-order chi connectivity index (χ1) is 9.02. The number of aromatic nitrogens is 2. The highest BCUT2D eigenvalue weighted by molar-refractivity contribution is 5.96. The molecule has 4 nitrogen and oxygen atoms in total. The minimum atomic E-state index is -0.778. The molecule has 19 heavy (non-hydrogen) atoms. The Hall–Kier alpha value is -1.58. The fourth-order valence-electron chi connectivity index (χ4n) is 2.90. The second kappa shape index (κ2) is 5.59. The maximum absolute atomic E-state index is 11.6. The smallest absolute Gasteiger partial charge is 0.331 e. The van der Waals surface area contributed by atoms with Gasteiger partial charge in [0.1, 0.15) is 0 Å². The molecule has 0 fully saturated rings. The van der Waals surface area contributed by atoms with E-state index >= 15 is 0 Å². The van der Waals surface area contributed by atoms with Crippen LogP contribution in [0.3, 0.4) is 0 Å². The predicted octanol–water partition coefficient (Wildman–Crippen LogP) is 3.51. The van der Waals surface area contributed by atoms with E-state index in [2.05, 4.69) is 25.9 Å². The molecule has 104 valence electrons. The van der Waals surface area contributed by atoms with Gasteiger partial charge in [-0.25, -0.2) is 4.79 Å². The lowest BCUT2D eigenvalue weighted by atomic mass is 9.91. The molecule has 0 amide bonds. The molecule has 1 aliphatic carbocycles. The van der Waals surface area contributed by atoms with E-state index in [9.17, 15) is 9.90 Å². The summed E-state index contributed by atoms with van der Waals surface area (Å²) in [4.78, 5) is 11.6. The molecule has 1 aromatic heterocycles. The Kier molecular flexibility index (Phi) is 4.08. The molecular formula is C15H22N2O2. The first kappa shape index (κ1) is 13.8. The van der Waals surface area contributed by atoms with Crippen LogP contribution in [0.2, 0.25) is 0 Å². The summed E-state index contributed by atoms with van der Waals surface area (Å²) in [7, 11) is 0. The van der Waals surface area contributed by atoms with E-state index < -0.39 is 5.97 Å². The van der Waals surface area contributed by atoms with Crippen LogP contribution < -0.4 is 0 Å². The summed E-state index contributed by atoms with van der Waals surface area (Å²) >= 11 is 0. The number of hydrogen-bond acceptors (Lipinski definition) is 2. The van der Waals surface area contributed by atoms with Crippen molar-refractivity contribution in [3.05, 3.63) is 23.5 Å². The Balaban J connectivity index is 2.57. The van der Waals surface area contributed by atoms with Crippen molar-refractivity contribution in [2.45, 2.75) is 52.5 Å². The van der Waals surface area contributed by atoms with Crippen LogP contribution in [0, 0.1) is 5.92 Å². The van der Waals surface area contributed by atoms with E-state index in [1.807, 2.05) is 10.7 Å². The van der Waals surface area contributed by atoms with Crippen LogP contribution in [0.1, 0.15) is 58.2 Å². The maximum atomic E-state index is 11.6. The second-order valence-electron chi connectivity index (χ2n) is 5.60. The molecule has 2 rings (SSSR count). The molecule has 0 aliphatic heterocycles. The minimum Gasteiger partial charge on any atom is -0.478 e. The fraction of sp³-hybridized carbons (Fsp3) is 0.600. The number of nitrogens with zero attached hydrogens (tertiary/aromatic N) is 2. The molecular weight excluding hydrogens is 240 g/mol. The highest BCUT2D eigenvalue weighted by Gasteiger charge is 2.26. The lowest BCUT2D eigenvalue weighted by Gasteiger charge is -2.19. The number of carboxylic acid groups (broad SMARTS) is 1. The minimum absolute atomic E-state index is 0.239. The standard InChI is InChI=1S/C15H22N2O2/c1-10(2)17-13(8-9-16-17)14-11(3)6-4-5-7-12(14)15(18)19/h8-11H,4-7H2,1-3H3,(H,18,19). The van der Waals surface area contributed by atoms with Crippen molar-refractivity contribution >= 4 is 11.5 Å². The molecule has 0 radical (unpaired) electrons. The number of hydrogen-bond donors (Lipinski definition) is 1. The Morgan fingerprint density at radius 2 is 2.21 bits per heavy atom.